The van der Waals surface area contributed by atoms with Crippen molar-refractivity contribution in [3.8, 4) is 0 Å². The van der Waals surface area contributed by atoms with Gasteiger partial charge in [-0.05, 0) is 24.4 Å². The molecule has 1 aromatic rings. The van der Waals surface area contributed by atoms with Crippen molar-refractivity contribution in [2.24, 2.45) is 4.99 Å². The van der Waals surface area contributed by atoms with Gasteiger partial charge in [-0.3, -0.25) is 10.3 Å². The summed E-state index contributed by atoms with van der Waals surface area (Å²) in [4.78, 5) is 9.12. The largest absolute Gasteiger partial charge is 0.267 e. The molecule has 82 valence electrons. The Morgan fingerprint density at radius 1 is 1.50 bits per heavy atom. The summed E-state index contributed by atoms with van der Waals surface area (Å²) < 4.78 is 0. The van der Waals surface area contributed by atoms with E-state index in [1.54, 1.807) is 0 Å². The van der Waals surface area contributed by atoms with Crippen LogP contribution in [0.4, 0.5) is 0 Å². The Bertz CT molecular complexity index is 469. The molecule has 1 aromatic carbocycles. The normalized spacial score (nSPS) is 18.6. The summed E-state index contributed by atoms with van der Waals surface area (Å²) in [6.45, 7) is 0.463. The maximum Gasteiger partial charge on any atom is 0.126 e. The first-order chi connectivity index (χ1) is 7.81. The molecular weight excluding hydrogens is 244 g/mol. The molecule has 0 spiro atoms. The van der Waals surface area contributed by atoms with E-state index in [2.05, 4.69) is 27.9 Å². The average molecular weight is 253 g/mol. The number of hydroxylamine groups is 1. The van der Waals surface area contributed by atoms with Crippen LogP contribution in [0, 0.1) is 0 Å². The maximum atomic E-state index is 6.07. The van der Waals surface area contributed by atoms with Crippen molar-refractivity contribution in [1.29, 1.82) is 0 Å². The number of benzene rings is 1. The zero-order chi connectivity index (χ0) is 11.4. The van der Waals surface area contributed by atoms with Crippen LogP contribution in [-0.2, 0) is 4.84 Å². The van der Waals surface area contributed by atoms with E-state index in [9.17, 15) is 0 Å². The van der Waals surface area contributed by atoms with Crippen LogP contribution in [0.1, 0.15) is 5.56 Å². The molecule has 1 unspecified atom stereocenters. The van der Waals surface area contributed by atoms with Gasteiger partial charge in [0, 0.05) is 10.6 Å². The highest BCUT2D eigenvalue weighted by atomic mass is 35.5. The average Bonchev–Trinajstić information content (AvgIpc) is 2.75. The van der Waals surface area contributed by atoms with Crippen molar-refractivity contribution in [2.45, 2.75) is 6.10 Å². The first kappa shape index (κ1) is 11.3. The van der Waals surface area contributed by atoms with Crippen molar-refractivity contribution >= 4 is 34.7 Å². The van der Waals surface area contributed by atoms with Crippen LogP contribution in [0.15, 0.2) is 35.3 Å². The monoisotopic (exact) mass is 252 g/mol. The lowest BCUT2D eigenvalue weighted by Crippen LogP contribution is -2.14. The quantitative estimate of drug-likeness (QED) is 0.663. The minimum atomic E-state index is -0.123. The second-order valence-electron chi connectivity index (χ2n) is 3.25. The van der Waals surface area contributed by atoms with Crippen molar-refractivity contribution in [1.82, 2.24) is 5.48 Å². The minimum Gasteiger partial charge on any atom is -0.267 e. The van der Waals surface area contributed by atoms with Gasteiger partial charge in [0.25, 0.3) is 0 Å². The van der Waals surface area contributed by atoms with Crippen LogP contribution in [0.25, 0.3) is 5.70 Å². The standard InChI is InChI=1S/C11H9ClN2OS/c12-10-4-2-1-3-9(10)11-5-8(15-14-11)6-13-7-16/h1-5,8,14H,6H2. The highest BCUT2D eigenvalue weighted by molar-refractivity contribution is 7.78. The molecule has 3 nitrogen and oxygen atoms in total. The summed E-state index contributed by atoms with van der Waals surface area (Å²) in [6.07, 6.45) is 1.80. The fourth-order valence-electron chi connectivity index (χ4n) is 1.43. The molecule has 0 saturated heterocycles. The molecule has 1 heterocycles. The Morgan fingerprint density at radius 3 is 3.06 bits per heavy atom. The maximum absolute atomic E-state index is 6.07. The van der Waals surface area contributed by atoms with E-state index < -0.39 is 0 Å². The van der Waals surface area contributed by atoms with Gasteiger partial charge in [0.05, 0.1) is 17.4 Å². The van der Waals surface area contributed by atoms with Crippen LogP contribution in [0.2, 0.25) is 5.02 Å². The van der Waals surface area contributed by atoms with Gasteiger partial charge in [-0.15, -0.1) is 0 Å². The summed E-state index contributed by atoms with van der Waals surface area (Å²) in [6, 6.07) is 7.57. The molecule has 16 heavy (non-hydrogen) atoms. The lowest BCUT2D eigenvalue weighted by molar-refractivity contribution is 0.0571. The number of nitrogens with zero attached hydrogens (tertiary/aromatic N) is 1. The zero-order valence-electron chi connectivity index (χ0n) is 8.31. The number of aliphatic imine (C=N–C) groups is 1. The van der Waals surface area contributed by atoms with Gasteiger partial charge in [-0.25, -0.2) is 4.99 Å². The molecule has 0 fully saturated rings. The highest BCUT2D eigenvalue weighted by Crippen LogP contribution is 2.25. The summed E-state index contributed by atoms with van der Waals surface area (Å²) in [5, 5.41) is 2.99. The number of nitrogens with one attached hydrogen (secondary N) is 1. The third-order valence-corrected chi connectivity index (χ3v) is 2.63. The number of thiocarbonyl (C=S) groups is 1. The smallest absolute Gasteiger partial charge is 0.126 e. The molecule has 1 N–H and O–H groups in total. The lowest BCUT2D eigenvalue weighted by Gasteiger charge is -2.05. The number of hydrogen-bond acceptors (Lipinski definition) is 4. The van der Waals surface area contributed by atoms with E-state index in [0.29, 0.717) is 11.6 Å². The van der Waals surface area contributed by atoms with Crippen molar-refractivity contribution in [2.75, 3.05) is 6.54 Å². The molecule has 1 aliphatic heterocycles. The molecule has 0 bridgehead atoms. The molecule has 0 aliphatic carbocycles. The second-order valence-corrected chi connectivity index (χ2v) is 3.84. The van der Waals surface area contributed by atoms with E-state index in [-0.39, 0.29) is 6.10 Å². The van der Waals surface area contributed by atoms with Crippen molar-refractivity contribution in [3.05, 3.63) is 40.9 Å². The Kier molecular flexibility index (Phi) is 3.70. The van der Waals surface area contributed by atoms with Crippen molar-refractivity contribution in [3.63, 3.8) is 0 Å². The molecule has 0 radical (unpaired) electrons. The van der Waals surface area contributed by atoms with Crippen LogP contribution in [0.3, 0.4) is 0 Å². The molecule has 0 amide bonds. The SMILES string of the molecule is S=C=NCC1C=C(c2ccccc2Cl)NO1. The van der Waals surface area contributed by atoms with E-state index in [4.69, 9.17) is 16.4 Å². The molecular formula is C11H9ClN2OS. The minimum absolute atomic E-state index is 0.123. The lowest BCUT2D eigenvalue weighted by atomic mass is 10.1. The number of hydrogen-bond donors (Lipinski definition) is 1. The van der Waals surface area contributed by atoms with E-state index in [0.717, 1.165) is 11.3 Å². The Balaban J connectivity index is 2.18. The van der Waals surface area contributed by atoms with Gasteiger partial charge >= 0.3 is 0 Å². The molecule has 0 saturated carbocycles. The van der Waals surface area contributed by atoms with Crippen LogP contribution in [-0.4, -0.2) is 17.8 Å². The number of halogens is 1. The molecule has 1 aliphatic rings. The Labute approximate surface area is 104 Å². The van der Waals surface area contributed by atoms with Gasteiger partial charge in [0.2, 0.25) is 0 Å². The van der Waals surface area contributed by atoms with Gasteiger partial charge < -0.3 is 0 Å². The van der Waals surface area contributed by atoms with Gasteiger partial charge in [0.1, 0.15) is 6.10 Å². The first-order valence-corrected chi connectivity index (χ1v) is 5.52. The summed E-state index contributed by atoms with van der Waals surface area (Å²) in [7, 11) is 0. The molecule has 2 rings (SSSR count). The highest BCUT2D eigenvalue weighted by Gasteiger charge is 2.18. The van der Waals surface area contributed by atoms with E-state index in [1.807, 2.05) is 30.3 Å². The van der Waals surface area contributed by atoms with E-state index >= 15 is 0 Å². The summed E-state index contributed by atoms with van der Waals surface area (Å²) >= 11 is 10.6. The third kappa shape index (κ3) is 2.49. The van der Waals surface area contributed by atoms with Crippen LogP contribution >= 0.6 is 23.8 Å². The van der Waals surface area contributed by atoms with Crippen LogP contribution in [0.5, 0.6) is 0 Å². The van der Waals surface area contributed by atoms with Crippen molar-refractivity contribution < 1.29 is 4.84 Å². The predicted octanol–water partition coefficient (Wildman–Crippen LogP) is 2.69. The van der Waals surface area contributed by atoms with Crippen LogP contribution < -0.4 is 5.48 Å². The predicted molar refractivity (Wildman–Crippen MR) is 67.3 cm³/mol. The summed E-state index contributed by atoms with van der Waals surface area (Å²) in [5.41, 5.74) is 4.60. The van der Waals surface area contributed by atoms with Gasteiger partial charge in [0.15, 0.2) is 0 Å². The number of isothiocyanates is 1. The second kappa shape index (κ2) is 5.23. The van der Waals surface area contributed by atoms with Gasteiger partial charge in [-0.1, -0.05) is 29.8 Å². The molecule has 0 aromatic heterocycles. The van der Waals surface area contributed by atoms with E-state index in [1.165, 1.54) is 0 Å². The third-order valence-electron chi connectivity index (χ3n) is 2.17. The number of rotatable bonds is 3. The molecule has 5 heteroatoms. The summed E-state index contributed by atoms with van der Waals surface area (Å²) in [5.74, 6) is 0. The fourth-order valence-corrected chi connectivity index (χ4v) is 1.75. The van der Waals surface area contributed by atoms with Gasteiger partial charge in [-0.2, -0.15) is 0 Å². The molecule has 1 atom stereocenters. The zero-order valence-corrected chi connectivity index (χ0v) is 9.89. The Hall–Kier alpha value is -1.19. The topological polar surface area (TPSA) is 33.6 Å². The fraction of sp³-hybridized carbons (Fsp3) is 0.182. The first-order valence-electron chi connectivity index (χ1n) is 4.73. The Morgan fingerprint density at radius 2 is 2.31 bits per heavy atom.